The third-order valence-electron chi connectivity index (χ3n) is 4.41. The molecule has 0 spiro atoms. The molecule has 0 saturated heterocycles. The van der Waals surface area contributed by atoms with Gasteiger partial charge in [0.15, 0.2) is 6.61 Å². The van der Waals surface area contributed by atoms with Gasteiger partial charge < -0.3 is 20.1 Å². The van der Waals surface area contributed by atoms with Crippen LogP contribution < -0.4 is 20.1 Å². The second-order valence-electron chi connectivity index (χ2n) is 6.85. The molecular weight excluding hydrogens is 418 g/mol. The highest BCUT2D eigenvalue weighted by molar-refractivity contribution is 6.09. The maximum atomic E-state index is 12.5. The van der Waals surface area contributed by atoms with Gasteiger partial charge in [0.25, 0.3) is 11.8 Å². The van der Waals surface area contributed by atoms with Gasteiger partial charge in [-0.05, 0) is 67.1 Å². The molecule has 0 saturated carbocycles. The van der Waals surface area contributed by atoms with Crippen molar-refractivity contribution >= 4 is 29.3 Å². The molecule has 0 radical (unpaired) electrons. The largest absolute Gasteiger partial charge is 0.494 e. The van der Waals surface area contributed by atoms with Crippen molar-refractivity contribution in [2.75, 3.05) is 23.8 Å². The van der Waals surface area contributed by atoms with Gasteiger partial charge in [0.1, 0.15) is 23.1 Å². The Labute approximate surface area is 192 Å². The number of anilines is 2. The predicted molar refractivity (Wildman–Crippen MR) is 127 cm³/mol. The lowest BCUT2D eigenvalue weighted by Crippen LogP contribution is -2.20. The number of benzene rings is 3. The molecule has 0 aliphatic heterocycles. The van der Waals surface area contributed by atoms with Crippen molar-refractivity contribution in [1.29, 1.82) is 5.26 Å². The molecule has 2 N–H and O–H groups in total. The summed E-state index contributed by atoms with van der Waals surface area (Å²) in [5.74, 6) is 0.404. The Bertz CT molecular complexity index is 1150. The average molecular weight is 441 g/mol. The van der Waals surface area contributed by atoms with Gasteiger partial charge >= 0.3 is 0 Å². The standard InChI is InChI=1S/C26H23N3O4/c1-2-32-23-14-10-22(11-15-23)29-26(31)20(17-27)16-19-8-12-24(13-9-19)33-18-25(30)28-21-6-4-3-5-7-21/h3-16H,2,18H2,1H3,(H,28,30)(H,29,31)/b20-16+. The fourth-order valence-electron chi connectivity index (χ4n) is 2.84. The van der Waals surface area contributed by atoms with Gasteiger partial charge in [0, 0.05) is 11.4 Å². The first-order valence-corrected chi connectivity index (χ1v) is 10.3. The lowest BCUT2D eigenvalue weighted by Gasteiger charge is -2.08. The van der Waals surface area contributed by atoms with E-state index in [0.717, 1.165) is 0 Å². The van der Waals surface area contributed by atoms with Crippen LogP contribution in [-0.4, -0.2) is 25.0 Å². The Morgan fingerprint density at radius 1 is 0.848 bits per heavy atom. The SMILES string of the molecule is CCOc1ccc(NC(=O)/C(C#N)=C/c2ccc(OCC(=O)Nc3ccccc3)cc2)cc1. The molecule has 0 aromatic heterocycles. The number of amides is 2. The van der Waals surface area contributed by atoms with Crippen LogP contribution in [0.4, 0.5) is 11.4 Å². The molecule has 0 heterocycles. The summed E-state index contributed by atoms with van der Waals surface area (Å²) in [7, 11) is 0. The number of carbonyl (C=O) groups is 2. The summed E-state index contributed by atoms with van der Waals surface area (Å²) in [6.07, 6.45) is 1.48. The normalized spacial score (nSPS) is 10.6. The van der Waals surface area contributed by atoms with Crippen LogP contribution in [-0.2, 0) is 9.59 Å². The molecular formula is C26H23N3O4. The first kappa shape index (κ1) is 23.1. The maximum Gasteiger partial charge on any atom is 0.266 e. The Hall–Kier alpha value is -4.57. The first-order chi connectivity index (χ1) is 16.1. The number of hydrogen-bond acceptors (Lipinski definition) is 5. The summed E-state index contributed by atoms with van der Waals surface area (Å²) in [5, 5.41) is 14.8. The van der Waals surface area contributed by atoms with E-state index >= 15 is 0 Å². The van der Waals surface area contributed by atoms with Crippen LogP contribution in [0.3, 0.4) is 0 Å². The van der Waals surface area contributed by atoms with Gasteiger partial charge in [-0.25, -0.2) is 0 Å². The molecule has 0 fully saturated rings. The van der Waals surface area contributed by atoms with E-state index in [1.807, 2.05) is 31.2 Å². The highest BCUT2D eigenvalue weighted by Crippen LogP contribution is 2.18. The highest BCUT2D eigenvalue weighted by atomic mass is 16.5. The number of nitrogens with one attached hydrogen (secondary N) is 2. The maximum absolute atomic E-state index is 12.5. The molecule has 3 rings (SSSR count). The number of rotatable bonds is 9. The third kappa shape index (κ3) is 7.26. The van der Waals surface area contributed by atoms with E-state index in [-0.39, 0.29) is 18.1 Å². The van der Waals surface area contributed by atoms with Crippen molar-refractivity contribution in [3.8, 4) is 17.6 Å². The average Bonchev–Trinajstić information content (AvgIpc) is 2.84. The third-order valence-corrected chi connectivity index (χ3v) is 4.41. The van der Waals surface area contributed by atoms with Gasteiger partial charge in [-0.1, -0.05) is 30.3 Å². The predicted octanol–water partition coefficient (Wildman–Crippen LogP) is 4.65. The van der Waals surface area contributed by atoms with Crippen molar-refractivity contribution in [3.63, 3.8) is 0 Å². The Kier molecular flexibility index (Phi) is 8.21. The minimum Gasteiger partial charge on any atom is -0.494 e. The first-order valence-electron chi connectivity index (χ1n) is 10.3. The Balaban J connectivity index is 1.55. The monoisotopic (exact) mass is 441 g/mol. The van der Waals surface area contributed by atoms with Crippen molar-refractivity contribution in [2.24, 2.45) is 0 Å². The van der Waals surface area contributed by atoms with Crippen LogP contribution in [0, 0.1) is 11.3 Å². The van der Waals surface area contributed by atoms with Gasteiger partial charge in [-0.3, -0.25) is 9.59 Å². The number of hydrogen-bond donors (Lipinski definition) is 2. The lowest BCUT2D eigenvalue weighted by atomic mass is 10.1. The molecule has 7 heteroatoms. The van der Waals surface area contributed by atoms with Crippen molar-refractivity contribution < 1.29 is 19.1 Å². The smallest absolute Gasteiger partial charge is 0.266 e. The molecule has 166 valence electrons. The summed E-state index contributed by atoms with van der Waals surface area (Å²) in [6, 6.07) is 24.7. The van der Waals surface area contributed by atoms with E-state index in [1.54, 1.807) is 60.7 Å². The second kappa shape index (κ2) is 11.7. The number of ether oxygens (including phenoxy) is 2. The molecule has 3 aromatic rings. The van der Waals surface area contributed by atoms with E-state index in [2.05, 4.69) is 10.6 Å². The second-order valence-corrected chi connectivity index (χ2v) is 6.85. The summed E-state index contributed by atoms with van der Waals surface area (Å²) >= 11 is 0. The molecule has 2 amide bonds. The number of nitrogens with zero attached hydrogens (tertiary/aromatic N) is 1. The van der Waals surface area contributed by atoms with Crippen LogP contribution in [0.15, 0.2) is 84.4 Å². The van der Waals surface area contributed by atoms with Crippen LogP contribution in [0.2, 0.25) is 0 Å². The van der Waals surface area contributed by atoms with Gasteiger partial charge in [-0.2, -0.15) is 5.26 Å². The highest BCUT2D eigenvalue weighted by Gasteiger charge is 2.10. The van der Waals surface area contributed by atoms with Crippen molar-refractivity contribution in [2.45, 2.75) is 6.92 Å². The Morgan fingerprint density at radius 2 is 1.45 bits per heavy atom. The van der Waals surface area contributed by atoms with Crippen LogP contribution in [0.25, 0.3) is 6.08 Å². The van der Waals surface area contributed by atoms with E-state index in [4.69, 9.17) is 9.47 Å². The molecule has 0 aliphatic carbocycles. The van der Waals surface area contributed by atoms with E-state index in [9.17, 15) is 14.9 Å². The van der Waals surface area contributed by atoms with Gasteiger partial charge in [0.2, 0.25) is 0 Å². The summed E-state index contributed by atoms with van der Waals surface area (Å²) in [6.45, 7) is 2.30. The quantitative estimate of drug-likeness (QED) is 0.372. The molecule has 3 aromatic carbocycles. The molecule has 0 atom stereocenters. The van der Waals surface area contributed by atoms with Crippen molar-refractivity contribution in [1.82, 2.24) is 0 Å². The van der Waals surface area contributed by atoms with E-state index < -0.39 is 5.91 Å². The van der Waals surface area contributed by atoms with Crippen LogP contribution in [0.5, 0.6) is 11.5 Å². The minimum absolute atomic E-state index is 0.0419. The molecule has 7 nitrogen and oxygen atoms in total. The molecule has 33 heavy (non-hydrogen) atoms. The van der Waals surface area contributed by atoms with Gasteiger partial charge in [-0.15, -0.1) is 0 Å². The summed E-state index contributed by atoms with van der Waals surface area (Å²) < 4.78 is 10.9. The topological polar surface area (TPSA) is 100 Å². The zero-order valence-corrected chi connectivity index (χ0v) is 18.1. The fraction of sp³-hybridized carbons (Fsp3) is 0.115. The number of para-hydroxylation sites is 1. The van der Waals surface area contributed by atoms with Crippen LogP contribution >= 0.6 is 0 Å². The van der Waals surface area contributed by atoms with E-state index in [0.29, 0.717) is 35.0 Å². The summed E-state index contributed by atoms with van der Waals surface area (Å²) in [5.41, 5.74) is 1.86. The minimum atomic E-state index is -0.514. The fourth-order valence-corrected chi connectivity index (χ4v) is 2.84. The number of carbonyl (C=O) groups excluding carboxylic acids is 2. The number of nitriles is 1. The molecule has 0 bridgehead atoms. The molecule has 0 aliphatic rings. The van der Waals surface area contributed by atoms with Gasteiger partial charge in [0.05, 0.1) is 6.61 Å². The molecule has 0 unspecified atom stereocenters. The Morgan fingerprint density at radius 3 is 2.09 bits per heavy atom. The zero-order valence-electron chi connectivity index (χ0n) is 18.1. The van der Waals surface area contributed by atoms with Crippen molar-refractivity contribution in [3.05, 3.63) is 90.0 Å². The van der Waals surface area contributed by atoms with Crippen LogP contribution in [0.1, 0.15) is 12.5 Å². The lowest BCUT2D eigenvalue weighted by molar-refractivity contribution is -0.118. The zero-order chi connectivity index (χ0) is 23.5. The summed E-state index contributed by atoms with van der Waals surface area (Å²) in [4.78, 5) is 24.4. The van der Waals surface area contributed by atoms with E-state index in [1.165, 1.54) is 6.08 Å².